The van der Waals surface area contributed by atoms with Crippen molar-refractivity contribution in [2.24, 2.45) is 0 Å². The van der Waals surface area contributed by atoms with E-state index in [1.807, 2.05) is 42.5 Å². The molecule has 148 valence electrons. The third kappa shape index (κ3) is 1.99. The number of rotatable bonds is 0. The second kappa shape index (κ2) is 5.61. The van der Waals surface area contributed by atoms with Crippen molar-refractivity contribution in [1.29, 1.82) is 0 Å². The Labute approximate surface area is 184 Å². The van der Waals surface area contributed by atoms with E-state index in [1.54, 1.807) is 18.2 Å². The van der Waals surface area contributed by atoms with E-state index < -0.39 is 0 Å². The van der Waals surface area contributed by atoms with Crippen LogP contribution in [-0.4, -0.2) is 10.5 Å². The normalized spacial score (nSPS) is 13.0. The van der Waals surface area contributed by atoms with Crippen molar-refractivity contribution in [1.82, 2.24) is 4.73 Å². The molecule has 0 saturated heterocycles. The van der Waals surface area contributed by atoms with Gasteiger partial charge in [-0.3, -0.25) is 4.79 Å². The predicted octanol–water partition coefficient (Wildman–Crippen LogP) is 7.56. The van der Waals surface area contributed by atoms with Crippen molar-refractivity contribution >= 4 is 72.7 Å². The lowest BCUT2D eigenvalue weighted by molar-refractivity contribution is 0.104. The zero-order valence-electron chi connectivity index (χ0n) is 15.7. The van der Waals surface area contributed by atoms with Crippen molar-refractivity contribution in [2.75, 3.05) is 0 Å². The zero-order valence-corrected chi connectivity index (χ0v) is 17.2. The average molecular weight is 443 g/mol. The van der Waals surface area contributed by atoms with Crippen LogP contribution in [0, 0.1) is 5.21 Å². The van der Waals surface area contributed by atoms with Crippen molar-refractivity contribution < 1.29 is 9.21 Å². The molecule has 2 heterocycles. The van der Waals surface area contributed by atoms with Crippen LogP contribution in [0.1, 0.15) is 15.9 Å². The van der Waals surface area contributed by atoms with Crippen molar-refractivity contribution in [3.05, 3.63) is 87.0 Å². The number of aromatic nitrogens is 1. The van der Waals surface area contributed by atoms with Crippen molar-refractivity contribution in [2.45, 2.75) is 0 Å². The third-order valence-corrected chi connectivity index (χ3v) is 6.73. The number of ketones is 1. The van der Waals surface area contributed by atoms with E-state index in [4.69, 9.17) is 27.6 Å². The van der Waals surface area contributed by atoms with E-state index in [0.717, 1.165) is 26.6 Å². The SMILES string of the molecule is O=C1c2cc(Cl)ccc2-c2ccc3c4c5oc6ccccc6c5c(Cl)cc4n([O-])c3c21. The Hall–Kier alpha value is -3.47. The molecule has 4 nitrogen and oxygen atoms in total. The van der Waals surface area contributed by atoms with Gasteiger partial charge < -0.3 is 14.4 Å². The first kappa shape index (κ1) is 17.2. The van der Waals surface area contributed by atoms with E-state index in [0.29, 0.717) is 54.1 Å². The first-order valence-corrected chi connectivity index (χ1v) is 10.4. The lowest BCUT2D eigenvalue weighted by Crippen LogP contribution is -1.99. The van der Waals surface area contributed by atoms with Crippen LogP contribution in [0.5, 0.6) is 0 Å². The second-order valence-corrected chi connectivity index (χ2v) is 8.60. The van der Waals surface area contributed by atoms with Crippen LogP contribution in [0.25, 0.3) is 54.9 Å². The van der Waals surface area contributed by atoms with Gasteiger partial charge in [0.25, 0.3) is 0 Å². The van der Waals surface area contributed by atoms with Gasteiger partial charge in [0.05, 0.1) is 21.5 Å². The summed E-state index contributed by atoms with van der Waals surface area (Å²) in [4.78, 5) is 13.3. The lowest BCUT2D eigenvalue weighted by Gasteiger charge is -2.13. The van der Waals surface area contributed by atoms with E-state index in [1.165, 1.54) is 0 Å². The summed E-state index contributed by atoms with van der Waals surface area (Å²) in [6, 6.07) is 18.3. The molecule has 31 heavy (non-hydrogen) atoms. The van der Waals surface area contributed by atoms with Crippen molar-refractivity contribution in [3.63, 3.8) is 0 Å². The molecule has 1 aliphatic rings. The molecule has 0 unspecified atom stereocenters. The topological polar surface area (TPSA) is 58.2 Å². The Morgan fingerprint density at radius 1 is 0.839 bits per heavy atom. The lowest BCUT2D eigenvalue weighted by atomic mass is 10.0. The summed E-state index contributed by atoms with van der Waals surface area (Å²) in [7, 11) is 0. The second-order valence-electron chi connectivity index (χ2n) is 7.75. The highest BCUT2D eigenvalue weighted by Gasteiger charge is 2.31. The van der Waals surface area contributed by atoms with Gasteiger partial charge in [0.2, 0.25) is 0 Å². The van der Waals surface area contributed by atoms with Gasteiger partial charge in [0.1, 0.15) is 11.2 Å². The van der Waals surface area contributed by atoms with E-state index in [2.05, 4.69) is 0 Å². The number of hydrogen-bond donors (Lipinski definition) is 0. The van der Waals surface area contributed by atoms with E-state index >= 15 is 0 Å². The Kier molecular flexibility index (Phi) is 3.12. The highest BCUT2D eigenvalue weighted by molar-refractivity contribution is 6.41. The molecule has 0 atom stereocenters. The molecule has 6 heteroatoms. The Morgan fingerprint density at radius 2 is 1.65 bits per heavy atom. The van der Waals surface area contributed by atoms with Crippen molar-refractivity contribution in [3.8, 4) is 11.1 Å². The minimum Gasteiger partial charge on any atom is -0.805 e. The number of hydrogen-bond acceptors (Lipinski definition) is 3. The maximum absolute atomic E-state index is 13.5. The molecule has 0 amide bonds. The molecule has 7 rings (SSSR count). The summed E-state index contributed by atoms with van der Waals surface area (Å²) in [5.74, 6) is -0.204. The number of carbonyl (C=O) groups excluding carboxylic acids is 1. The van der Waals surface area contributed by atoms with Gasteiger partial charge in [-0.25, -0.2) is 0 Å². The molecule has 6 aromatic rings. The molecule has 0 fully saturated rings. The van der Waals surface area contributed by atoms with Crippen LogP contribution in [0.4, 0.5) is 0 Å². The van der Waals surface area contributed by atoms with Gasteiger partial charge in [-0.1, -0.05) is 59.6 Å². The molecule has 2 aromatic heterocycles. The summed E-state index contributed by atoms with van der Waals surface area (Å²) < 4.78 is 6.95. The Balaban J connectivity index is 1.70. The number of carbonyl (C=O) groups is 1. The van der Waals surface area contributed by atoms with Crippen LogP contribution in [0.15, 0.2) is 65.1 Å². The van der Waals surface area contributed by atoms with Crippen LogP contribution in [0.2, 0.25) is 10.0 Å². The summed E-state index contributed by atoms with van der Waals surface area (Å²) in [6.07, 6.45) is 0. The molecular weight excluding hydrogens is 433 g/mol. The number of halogens is 2. The minimum absolute atomic E-state index is 0.204. The summed E-state index contributed by atoms with van der Waals surface area (Å²) in [5.41, 5.74) is 4.36. The Bertz CT molecular complexity index is 1790. The van der Waals surface area contributed by atoms with Gasteiger partial charge in [-0.2, -0.15) is 0 Å². The van der Waals surface area contributed by atoms with Crippen LogP contribution >= 0.6 is 23.2 Å². The average Bonchev–Trinajstić information content (AvgIpc) is 3.38. The molecule has 4 aromatic carbocycles. The standard InChI is InChI=1S/C25H10Cl2NO3/c26-11-5-6-12-13-7-8-15-21-18(28(30)23(15)22(13)24(29)16(12)9-11)10-17(27)20-14-3-1-2-4-19(14)31-25(20)21/h1-10H/q-1. The number of nitrogens with zero attached hydrogens (tertiary/aromatic N) is 1. The monoisotopic (exact) mass is 442 g/mol. The highest BCUT2D eigenvalue weighted by Crippen LogP contribution is 2.47. The summed E-state index contributed by atoms with van der Waals surface area (Å²) in [6.45, 7) is 0. The molecule has 1 aliphatic carbocycles. The first-order chi connectivity index (χ1) is 15.0. The molecule has 0 aliphatic heterocycles. The first-order valence-electron chi connectivity index (χ1n) is 9.67. The zero-order chi connectivity index (χ0) is 21.0. The number of furan rings is 1. The maximum Gasteiger partial charge on any atom is 0.196 e. The third-order valence-electron chi connectivity index (χ3n) is 6.19. The Morgan fingerprint density at radius 3 is 2.52 bits per heavy atom. The quantitative estimate of drug-likeness (QED) is 0.243. The van der Waals surface area contributed by atoms with E-state index in [-0.39, 0.29) is 5.78 Å². The van der Waals surface area contributed by atoms with Gasteiger partial charge in [-0.05, 0) is 35.4 Å². The van der Waals surface area contributed by atoms with Crippen LogP contribution in [0.3, 0.4) is 0 Å². The fourth-order valence-electron chi connectivity index (χ4n) is 4.91. The highest BCUT2D eigenvalue weighted by atomic mass is 35.5. The number of benzene rings is 4. The predicted molar refractivity (Wildman–Crippen MR) is 124 cm³/mol. The molecule has 0 radical (unpaired) electrons. The molecule has 0 bridgehead atoms. The summed E-state index contributed by atoms with van der Waals surface area (Å²) in [5, 5.41) is 17.3. The fraction of sp³-hybridized carbons (Fsp3) is 0. The summed E-state index contributed by atoms with van der Waals surface area (Å²) >= 11 is 12.7. The minimum atomic E-state index is -0.204. The van der Waals surface area contributed by atoms with Gasteiger partial charge >= 0.3 is 0 Å². The molecular formula is C25H10Cl2NO3-. The smallest absolute Gasteiger partial charge is 0.196 e. The largest absolute Gasteiger partial charge is 0.805 e. The molecule has 0 spiro atoms. The van der Waals surface area contributed by atoms with E-state index in [9.17, 15) is 10.0 Å². The van der Waals surface area contributed by atoms with Gasteiger partial charge in [0, 0.05) is 32.3 Å². The van der Waals surface area contributed by atoms with Crippen LogP contribution < -0.4 is 0 Å². The molecule has 0 N–H and O–H groups in total. The van der Waals surface area contributed by atoms with Crippen LogP contribution in [-0.2, 0) is 0 Å². The number of fused-ring (bicyclic) bond motifs is 11. The maximum atomic E-state index is 13.5. The van der Waals surface area contributed by atoms with Gasteiger partial charge in [-0.15, -0.1) is 0 Å². The van der Waals surface area contributed by atoms with Gasteiger partial charge in [0.15, 0.2) is 5.78 Å². The number of para-hydroxylation sites is 1. The fourth-order valence-corrected chi connectivity index (χ4v) is 5.38. The molecule has 0 saturated carbocycles.